The molecule has 0 N–H and O–H groups in total. The molecule has 28 heavy (non-hydrogen) atoms. The van der Waals surface area contributed by atoms with Gasteiger partial charge in [0.1, 0.15) is 5.75 Å². The molecule has 5 rings (SSSR count). The highest BCUT2D eigenvalue weighted by Crippen LogP contribution is 2.43. The Morgan fingerprint density at radius 1 is 0.964 bits per heavy atom. The fraction of sp³-hybridized carbons (Fsp3) is 0.167. The highest BCUT2D eigenvalue weighted by molar-refractivity contribution is 6.03. The molecule has 2 heterocycles. The first-order chi connectivity index (χ1) is 13.7. The molecule has 0 unspecified atom stereocenters. The van der Waals surface area contributed by atoms with Gasteiger partial charge in [0.2, 0.25) is 5.78 Å². The third kappa shape index (κ3) is 2.78. The molecule has 2 aliphatic heterocycles. The number of hydrogen-bond acceptors (Lipinski definition) is 4. The van der Waals surface area contributed by atoms with Crippen LogP contribution in [0.5, 0.6) is 5.75 Å². The van der Waals surface area contributed by atoms with Crippen molar-refractivity contribution in [3.63, 3.8) is 0 Å². The molecule has 3 aromatic carbocycles. The summed E-state index contributed by atoms with van der Waals surface area (Å²) in [5, 5.41) is 6.68. The summed E-state index contributed by atoms with van der Waals surface area (Å²) in [6.07, 6.45) is -0.00704. The van der Waals surface area contributed by atoms with E-state index in [1.807, 2.05) is 53.5 Å². The lowest BCUT2D eigenvalue weighted by Crippen LogP contribution is -2.45. The Balaban J connectivity index is 1.56. The van der Waals surface area contributed by atoms with Crippen LogP contribution in [0.4, 0.5) is 0 Å². The van der Waals surface area contributed by atoms with Crippen molar-refractivity contribution in [1.82, 2.24) is 5.01 Å². The summed E-state index contributed by atoms with van der Waals surface area (Å²) >= 11 is 0. The van der Waals surface area contributed by atoms with Crippen LogP contribution in [-0.2, 0) is 0 Å². The third-order valence-electron chi connectivity index (χ3n) is 5.37. The number of ether oxygens (including phenoxy) is 1. The normalized spacial score (nSPS) is 20.0. The molecule has 2 aliphatic rings. The summed E-state index contributed by atoms with van der Waals surface area (Å²) in [7, 11) is 0. The van der Waals surface area contributed by atoms with Crippen LogP contribution in [0.25, 0.3) is 0 Å². The van der Waals surface area contributed by atoms with Gasteiger partial charge in [-0.25, -0.2) is 5.01 Å². The minimum Gasteiger partial charge on any atom is -0.461 e. The predicted octanol–water partition coefficient (Wildman–Crippen LogP) is 4.75. The van der Waals surface area contributed by atoms with Gasteiger partial charge in [0.15, 0.2) is 0 Å². The van der Waals surface area contributed by atoms with E-state index in [-0.39, 0.29) is 11.8 Å². The van der Waals surface area contributed by atoms with Gasteiger partial charge in [0, 0.05) is 17.5 Å². The number of hydrogen-bond donors (Lipinski definition) is 0. The highest BCUT2D eigenvalue weighted by Gasteiger charge is 2.43. The van der Waals surface area contributed by atoms with Gasteiger partial charge in [-0.05, 0) is 18.6 Å². The summed E-state index contributed by atoms with van der Waals surface area (Å²) in [4.78, 5) is 13.2. The number of carbonyl (C=O) groups is 1. The Kier molecular flexibility index (Phi) is 3.97. The molecule has 3 aromatic rings. The standard InChI is InChI=1S/C24H20N2O2/c1-16-11-13-17(14-12-16)20-15-21-19-9-5-6-10-22(19)28-24(26(21)25-20)23(27)18-7-3-2-4-8-18/h2-14,21,24H,15H2,1H3/t21-,24-/m0/s1. The van der Waals surface area contributed by atoms with Crippen LogP contribution in [-0.4, -0.2) is 22.7 Å². The first-order valence-electron chi connectivity index (χ1n) is 9.48. The van der Waals surface area contributed by atoms with Crippen LogP contribution in [0.1, 0.15) is 39.5 Å². The summed E-state index contributed by atoms with van der Waals surface area (Å²) in [6.45, 7) is 2.07. The molecule has 0 radical (unpaired) electrons. The number of ketones is 1. The van der Waals surface area contributed by atoms with E-state index in [0.717, 1.165) is 29.0 Å². The van der Waals surface area contributed by atoms with Crippen molar-refractivity contribution in [3.05, 3.63) is 101 Å². The lowest BCUT2D eigenvalue weighted by Gasteiger charge is -2.37. The van der Waals surface area contributed by atoms with Crippen LogP contribution in [0.15, 0.2) is 84.0 Å². The average molecular weight is 368 g/mol. The smallest absolute Gasteiger partial charge is 0.251 e. The predicted molar refractivity (Wildman–Crippen MR) is 109 cm³/mol. The number of benzene rings is 3. The number of carbonyl (C=O) groups excluding carboxylic acids is 1. The van der Waals surface area contributed by atoms with Crippen molar-refractivity contribution in [2.75, 3.05) is 0 Å². The molecule has 0 spiro atoms. The molecule has 0 fully saturated rings. The van der Waals surface area contributed by atoms with Crippen LogP contribution in [0.2, 0.25) is 0 Å². The van der Waals surface area contributed by atoms with E-state index in [9.17, 15) is 4.79 Å². The lowest BCUT2D eigenvalue weighted by atomic mass is 9.95. The summed E-state index contributed by atoms with van der Waals surface area (Å²) < 4.78 is 6.13. The Hall–Kier alpha value is -3.40. The molecule has 0 amide bonds. The zero-order valence-electron chi connectivity index (χ0n) is 15.6. The Morgan fingerprint density at radius 3 is 2.46 bits per heavy atom. The maximum absolute atomic E-state index is 13.2. The first-order valence-corrected chi connectivity index (χ1v) is 9.48. The molecule has 2 atom stereocenters. The van der Waals surface area contributed by atoms with Gasteiger partial charge >= 0.3 is 0 Å². The molecule has 0 aromatic heterocycles. The van der Waals surface area contributed by atoms with E-state index >= 15 is 0 Å². The number of aryl methyl sites for hydroxylation is 1. The zero-order valence-corrected chi connectivity index (χ0v) is 15.6. The molecular weight excluding hydrogens is 348 g/mol. The van der Waals surface area contributed by atoms with Crippen molar-refractivity contribution in [3.8, 4) is 5.75 Å². The molecule has 0 saturated carbocycles. The van der Waals surface area contributed by atoms with E-state index in [1.165, 1.54) is 5.56 Å². The number of para-hydroxylation sites is 1. The second-order valence-electron chi connectivity index (χ2n) is 7.25. The van der Waals surface area contributed by atoms with Crippen molar-refractivity contribution in [2.24, 2.45) is 5.10 Å². The summed E-state index contributed by atoms with van der Waals surface area (Å²) in [5.74, 6) is 0.687. The fourth-order valence-electron chi connectivity index (χ4n) is 3.87. The second-order valence-corrected chi connectivity index (χ2v) is 7.25. The SMILES string of the molecule is Cc1ccc(C2=NN3[C@H](C(=O)c4ccccc4)Oc4ccccc4[C@@H]3C2)cc1. The molecule has 138 valence electrons. The van der Waals surface area contributed by atoms with E-state index in [1.54, 1.807) is 0 Å². The van der Waals surface area contributed by atoms with Gasteiger partial charge in [0.25, 0.3) is 6.23 Å². The topological polar surface area (TPSA) is 41.9 Å². The monoisotopic (exact) mass is 368 g/mol. The number of rotatable bonds is 3. The van der Waals surface area contributed by atoms with Gasteiger partial charge in [-0.15, -0.1) is 0 Å². The number of nitrogens with zero attached hydrogens (tertiary/aromatic N) is 2. The van der Waals surface area contributed by atoms with Crippen molar-refractivity contribution < 1.29 is 9.53 Å². The second kappa shape index (κ2) is 6.64. The minimum absolute atomic E-state index is 0.00100. The van der Waals surface area contributed by atoms with Gasteiger partial charge in [-0.3, -0.25) is 4.79 Å². The van der Waals surface area contributed by atoms with Crippen molar-refractivity contribution in [2.45, 2.75) is 25.6 Å². The van der Waals surface area contributed by atoms with Gasteiger partial charge < -0.3 is 4.74 Å². The van der Waals surface area contributed by atoms with Crippen LogP contribution < -0.4 is 4.74 Å². The fourth-order valence-corrected chi connectivity index (χ4v) is 3.87. The molecule has 0 saturated heterocycles. The van der Waals surface area contributed by atoms with Crippen LogP contribution in [0.3, 0.4) is 0 Å². The van der Waals surface area contributed by atoms with E-state index in [0.29, 0.717) is 5.56 Å². The summed E-state index contributed by atoms with van der Waals surface area (Å²) in [5.41, 5.74) is 4.99. The van der Waals surface area contributed by atoms with E-state index < -0.39 is 6.23 Å². The lowest BCUT2D eigenvalue weighted by molar-refractivity contribution is -0.00455. The third-order valence-corrected chi connectivity index (χ3v) is 5.37. The quantitative estimate of drug-likeness (QED) is 0.627. The first kappa shape index (κ1) is 16.8. The number of Topliss-reactive ketones (excluding diaryl/α,β-unsaturated/α-hetero) is 1. The summed E-state index contributed by atoms with van der Waals surface area (Å²) in [6, 6.07) is 25.6. The molecule has 0 bridgehead atoms. The molecule has 0 aliphatic carbocycles. The van der Waals surface area contributed by atoms with Gasteiger partial charge in [-0.2, -0.15) is 5.10 Å². The van der Waals surface area contributed by atoms with Crippen LogP contribution in [0, 0.1) is 6.92 Å². The van der Waals surface area contributed by atoms with Crippen molar-refractivity contribution >= 4 is 11.5 Å². The minimum atomic E-state index is -0.759. The molecule has 4 nitrogen and oxygen atoms in total. The van der Waals surface area contributed by atoms with Crippen molar-refractivity contribution in [1.29, 1.82) is 0 Å². The molecular formula is C24H20N2O2. The number of hydrazone groups is 1. The van der Waals surface area contributed by atoms with Gasteiger partial charge in [-0.1, -0.05) is 78.4 Å². The average Bonchev–Trinajstić information content (AvgIpc) is 3.19. The Morgan fingerprint density at radius 2 is 1.68 bits per heavy atom. The largest absolute Gasteiger partial charge is 0.461 e. The highest BCUT2D eigenvalue weighted by atomic mass is 16.5. The van der Waals surface area contributed by atoms with E-state index in [4.69, 9.17) is 9.84 Å². The Bertz CT molecular complexity index is 1060. The maximum Gasteiger partial charge on any atom is 0.251 e. The van der Waals surface area contributed by atoms with Gasteiger partial charge in [0.05, 0.1) is 11.8 Å². The number of fused-ring (bicyclic) bond motifs is 3. The Labute approximate surface area is 164 Å². The maximum atomic E-state index is 13.2. The zero-order chi connectivity index (χ0) is 19.1. The van der Waals surface area contributed by atoms with Crippen LogP contribution >= 0.6 is 0 Å². The van der Waals surface area contributed by atoms with E-state index in [2.05, 4.69) is 37.3 Å². The molecule has 4 heteroatoms.